The zero-order valence-electron chi connectivity index (χ0n) is 13.3. The summed E-state index contributed by atoms with van der Waals surface area (Å²) in [5, 5.41) is 3.71. The molecule has 0 saturated carbocycles. The van der Waals surface area contributed by atoms with Crippen LogP contribution in [0.3, 0.4) is 0 Å². The summed E-state index contributed by atoms with van der Waals surface area (Å²) in [5.41, 5.74) is 1.06. The van der Waals surface area contributed by atoms with Gasteiger partial charge in [0.15, 0.2) is 5.96 Å². The minimum atomic E-state index is -2.61. The predicted molar refractivity (Wildman–Crippen MR) is 102 cm³/mol. The summed E-state index contributed by atoms with van der Waals surface area (Å²) in [7, 11) is 3.50. The van der Waals surface area contributed by atoms with E-state index in [2.05, 4.69) is 15.3 Å². The van der Waals surface area contributed by atoms with Gasteiger partial charge < -0.3 is 10.2 Å². The van der Waals surface area contributed by atoms with Crippen molar-refractivity contribution in [2.45, 2.75) is 19.6 Å². The molecule has 1 heterocycles. The fraction of sp³-hybridized carbons (Fsp3) is 0.333. The van der Waals surface area contributed by atoms with Crippen LogP contribution >= 0.6 is 35.6 Å². The molecular formula is C15H19ClF2IN5. The largest absolute Gasteiger partial charge is 0.349 e. The van der Waals surface area contributed by atoms with Gasteiger partial charge in [-0.2, -0.15) is 8.78 Å². The molecule has 0 saturated heterocycles. The molecule has 0 atom stereocenters. The maximum absolute atomic E-state index is 12.8. The van der Waals surface area contributed by atoms with Gasteiger partial charge >= 0.3 is 6.55 Å². The molecule has 0 unspecified atom stereocenters. The summed E-state index contributed by atoms with van der Waals surface area (Å²) in [6.45, 7) is -1.84. The van der Waals surface area contributed by atoms with Crippen LogP contribution in [0.4, 0.5) is 8.78 Å². The number of halogens is 4. The molecule has 0 aliphatic rings. The number of benzene rings is 1. The highest BCUT2D eigenvalue weighted by atomic mass is 127. The first-order valence-corrected chi connectivity index (χ1v) is 7.35. The van der Waals surface area contributed by atoms with E-state index < -0.39 is 6.55 Å². The van der Waals surface area contributed by atoms with Crippen molar-refractivity contribution in [1.82, 2.24) is 19.8 Å². The first-order chi connectivity index (χ1) is 11.0. The van der Waals surface area contributed by atoms with Gasteiger partial charge in [0.05, 0.1) is 6.54 Å². The molecule has 0 aliphatic heterocycles. The number of imidazole rings is 1. The third kappa shape index (κ3) is 5.59. The Morgan fingerprint density at radius 3 is 2.62 bits per heavy atom. The number of nitrogens with zero attached hydrogens (tertiary/aromatic N) is 4. The lowest BCUT2D eigenvalue weighted by Gasteiger charge is -2.22. The summed E-state index contributed by atoms with van der Waals surface area (Å²) >= 11 is 5.86. The molecule has 132 valence electrons. The van der Waals surface area contributed by atoms with E-state index in [1.54, 1.807) is 7.05 Å². The third-order valence-corrected chi connectivity index (χ3v) is 3.52. The molecule has 0 bridgehead atoms. The van der Waals surface area contributed by atoms with Gasteiger partial charge in [-0.3, -0.25) is 9.56 Å². The Balaban J connectivity index is 0.00000288. The summed E-state index contributed by atoms with van der Waals surface area (Å²) in [6, 6.07) is 7.49. The molecule has 5 nitrogen and oxygen atoms in total. The van der Waals surface area contributed by atoms with Crippen LogP contribution in [0.2, 0.25) is 5.02 Å². The van der Waals surface area contributed by atoms with Crippen LogP contribution in [0.1, 0.15) is 17.9 Å². The second-order valence-corrected chi connectivity index (χ2v) is 5.35. The van der Waals surface area contributed by atoms with E-state index in [1.807, 2.05) is 36.2 Å². The van der Waals surface area contributed by atoms with Crippen molar-refractivity contribution >= 4 is 41.5 Å². The van der Waals surface area contributed by atoms with Crippen molar-refractivity contribution in [3.8, 4) is 0 Å². The van der Waals surface area contributed by atoms with Gasteiger partial charge in [0.2, 0.25) is 0 Å². The smallest absolute Gasteiger partial charge is 0.319 e. The molecule has 0 amide bonds. The molecule has 2 aromatic rings. The first kappa shape index (κ1) is 20.6. The number of aliphatic imine (C=N–C) groups is 1. The normalized spacial score (nSPS) is 11.3. The van der Waals surface area contributed by atoms with Crippen LogP contribution in [0, 0.1) is 0 Å². The SMILES string of the molecule is CN=C(NCc1nccn1C(F)F)N(C)Cc1ccc(Cl)cc1.I. The molecule has 0 aliphatic carbocycles. The van der Waals surface area contributed by atoms with E-state index in [9.17, 15) is 8.78 Å². The van der Waals surface area contributed by atoms with E-state index >= 15 is 0 Å². The van der Waals surface area contributed by atoms with Crippen molar-refractivity contribution < 1.29 is 8.78 Å². The van der Waals surface area contributed by atoms with Gasteiger partial charge in [0, 0.05) is 38.1 Å². The minimum absolute atomic E-state index is 0. The van der Waals surface area contributed by atoms with Crippen LogP contribution < -0.4 is 5.32 Å². The van der Waals surface area contributed by atoms with Crippen molar-refractivity contribution in [2.24, 2.45) is 4.99 Å². The Hall–Kier alpha value is -1.42. The third-order valence-electron chi connectivity index (χ3n) is 3.27. The molecule has 0 radical (unpaired) electrons. The number of rotatable bonds is 5. The fourth-order valence-electron chi connectivity index (χ4n) is 2.14. The quantitative estimate of drug-likeness (QED) is 0.412. The fourth-order valence-corrected chi connectivity index (χ4v) is 2.27. The molecule has 2 rings (SSSR count). The van der Waals surface area contributed by atoms with E-state index in [4.69, 9.17) is 11.6 Å². The highest BCUT2D eigenvalue weighted by molar-refractivity contribution is 14.0. The monoisotopic (exact) mass is 469 g/mol. The van der Waals surface area contributed by atoms with Gasteiger partial charge in [-0.1, -0.05) is 23.7 Å². The lowest BCUT2D eigenvalue weighted by atomic mass is 10.2. The van der Waals surface area contributed by atoms with E-state index in [-0.39, 0.29) is 36.3 Å². The van der Waals surface area contributed by atoms with Gasteiger partial charge in [-0.25, -0.2) is 4.98 Å². The maximum atomic E-state index is 12.8. The lowest BCUT2D eigenvalue weighted by Crippen LogP contribution is -2.38. The number of alkyl halides is 2. The van der Waals surface area contributed by atoms with Crippen LogP contribution in [0.15, 0.2) is 41.7 Å². The van der Waals surface area contributed by atoms with Gasteiger partial charge in [0.25, 0.3) is 0 Å². The van der Waals surface area contributed by atoms with Gasteiger partial charge in [-0.05, 0) is 17.7 Å². The molecule has 0 spiro atoms. The second-order valence-electron chi connectivity index (χ2n) is 4.91. The Labute approximate surface area is 161 Å². The topological polar surface area (TPSA) is 45.5 Å². The molecular weight excluding hydrogens is 451 g/mol. The number of guanidine groups is 1. The standard InChI is InChI=1S/C15H18ClF2N5.HI/c1-19-15(21-9-13-20-7-8-23(13)14(17)18)22(2)10-11-3-5-12(16)6-4-11;/h3-8,14H,9-10H2,1-2H3,(H,19,21);1H. The van der Waals surface area contributed by atoms with E-state index in [0.29, 0.717) is 17.5 Å². The Kier molecular flexibility index (Phi) is 8.40. The van der Waals surface area contributed by atoms with Crippen molar-refractivity contribution in [2.75, 3.05) is 14.1 Å². The van der Waals surface area contributed by atoms with Gasteiger partial charge in [0.1, 0.15) is 5.82 Å². The zero-order chi connectivity index (χ0) is 16.8. The van der Waals surface area contributed by atoms with E-state index in [0.717, 1.165) is 10.1 Å². The molecule has 9 heteroatoms. The average Bonchev–Trinajstić information content (AvgIpc) is 2.99. The molecule has 0 fully saturated rings. The highest BCUT2D eigenvalue weighted by Crippen LogP contribution is 2.13. The van der Waals surface area contributed by atoms with Crippen LogP contribution in [-0.2, 0) is 13.1 Å². The van der Waals surface area contributed by atoms with Crippen LogP contribution in [0.25, 0.3) is 0 Å². The first-order valence-electron chi connectivity index (χ1n) is 6.97. The number of hydrogen-bond donors (Lipinski definition) is 1. The average molecular weight is 470 g/mol. The predicted octanol–water partition coefficient (Wildman–Crippen LogP) is 3.76. The Bertz CT molecular complexity index is 660. The Morgan fingerprint density at radius 1 is 1.38 bits per heavy atom. The van der Waals surface area contributed by atoms with Crippen molar-refractivity contribution in [3.63, 3.8) is 0 Å². The number of nitrogens with one attached hydrogen (secondary N) is 1. The van der Waals surface area contributed by atoms with Gasteiger partial charge in [-0.15, -0.1) is 24.0 Å². The molecule has 1 aromatic carbocycles. The number of aromatic nitrogens is 2. The summed E-state index contributed by atoms with van der Waals surface area (Å²) in [4.78, 5) is 9.97. The van der Waals surface area contributed by atoms with E-state index in [1.165, 1.54) is 12.4 Å². The highest BCUT2D eigenvalue weighted by Gasteiger charge is 2.13. The zero-order valence-corrected chi connectivity index (χ0v) is 16.4. The number of hydrogen-bond acceptors (Lipinski definition) is 2. The molecule has 1 aromatic heterocycles. The summed E-state index contributed by atoms with van der Waals surface area (Å²) in [6.07, 6.45) is 2.60. The molecule has 1 N–H and O–H groups in total. The Morgan fingerprint density at radius 2 is 2.04 bits per heavy atom. The summed E-state index contributed by atoms with van der Waals surface area (Å²) < 4.78 is 26.4. The minimum Gasteiger partial charge on any atom is -0.349 e. The molecule has 24 heavy (non-hydrogen) atoms. The van der Waals surface area contributed by atoms with Crippen LogP contribution in [0.5, 0.6) is 0 Å². The maximum Gasteiger partial charge on any atom is 0.319 e. The van der Waals surface area contributed by atoms with Crippen molar-refractivity contribution in [1.29, 1.82) is 0 Å². The lowest BCUT2D eigenvalue weighted by molar-refractivity contribution is 0.0668. The second kappa shape index (κ2) is 9.77. The van der Waals surface area contributed by atoms with Crippen molar-refractivity contribution in [3.05, 3.63) is 53.1 Å². The van der Waals surface area contributed by atoms with Crippen LogP contribution in [-0.4, -0.2) is 34.5 Å². The summed E-state index contributed by atoms with van der Waals surface area (Å²) in [5.74, 6) is 0.838.